The molecule has 0 aliphatic heterocycles. The minimum atomic E-state index is -1.26. The topological polar surface area (TPSA) is 118 Å². The number of unbranched alkanes of at least 4 members (excludes halogenated alkanes) is 22. The Kier molecular flexibility index (Phi) is 37.9. The SMILES string of the molecule is CCCCCCCCCCOc1ccc(O)c(F)c1F.CCCCCCCCCOc1ccc(O)c(F)c1F.CCCCCCCCOc1ccc(O)c(F)c1F.CCCCCCCOc1ccc(O)c(F)c1F. The van der Waals surface area contributed by atoms with Crippen molar-refractivity contribution in [2.45, 2.75) is 195 Å². The molecule has 0 saturated heterocycles. The quantitative estimate of drug-likeness (QED) is 0.0270. The van der Waals surface area contributed by atoms with Crippen LogP contribution in [0.5, 0.6) is 46.0 Å². The molecule has 0 fully saturated rings. The van der Waals surface area contributed by atoms with Crippen LogP contribution in [0.3, 0.4) is 0 Å². The van der Waals surface area contributed by atoms with Crippen molar-refractivity contribution in [3.63, 3.8) is 0 Å². The van der Waals surface area contributed by atoms with Gasteiger partial charge >= 0.3 is 0 Å². The smallest absolute Gasteiger partial charge is 0.204 e. The third-order valence-electron chi connectivity index (χ3n) is 11.6. The largest absolute Gasteiger partial charge is 0.505 e. The second-order valence-corrected chi connectivity index (χ2v) is 18.0. The van der Waals surface area contributed by atoms with Gasteiger partial charge in [0.15, 0.2) is 46.0 Å². The summed E-state index contributed by atoms with van der Waals surface area (Å²) in [5, 5.41) is 35.8. The standard InChI is InChI=1S/C16H24F2O2.C15H22F2O2.C14H20F2O2.C13H18F2O2/c1-2-3-4-5-6-7-8-9-12-20-14-11-10-13(19)15(17)16(14)18;1-2-3-4-5-6-7-8-11-19-13-10-9-12(18)14(16)15(13)17;1-2-3-4-5-6-7-10-18-12-9-8-11(17)13(15)14(12)16;1-2-3-4-5-6-9-17-11-8-7-10(16)12(14)13(11)15/h10-11,19H,2-9,12H2,1H3;9-10,18H,2-8,11H2,1H3;8-9,17H,2-7,10H2,1H3;7-8,16H,2-6,9H2,1H3. The molecular weight excluding hydrogens is 977 g/mol. The second-order valence-electron chi connectivity index (χ2n) is 18.0. The average Bonchev–Trinajstić information content (AvgIpc) is 3.39. The molecule has 4 aromatic carbocycles. The highest BCUT2D eigenvalue weighted by atomic mass is 19.2. The van der Waals surface area contributed by atoms with Gasteiger partial charge in [0.1, 0.15) is 0 Å². The number of rotatable bonds is 34. The van der Waals surface area contributed by atoms with Crippen LogP contribution in [0, 0.1) is 46.5 Å². The molecule has 74 heavy (non-hydrogen) atoms. The summed E-state index contributed by atoms with van der Waals surface area (Å²) in [7, 11) is 0. The third-order valence-corrected chi connectivity index (χ3v) is 11.6. The van der Waals surface area contributed by atoms with Gasteiger partial charge in [-0.3, -0.25) is 0 Å². The number of hydrogen-bond donors (Lipinski definition) is 4. The lowest BCUT2D eigenvalue weighted by Gasteiger charge is -2.08. The molecule has 0 unspecified atom stereocenters. The van der Waals surface area contributed by atoms with E-state index in [2.05, 4.69) is 27.7 Å². The van der Waals surface area contributed by atoms with Crippen molar-refractivity contribution in [1.82, 2.24) is 0 Å². The molecule has 0 atom stereocenters. The Balaban J connectivity index is 0.000000494. The van der Waals surface area contributed by atoms with Crippen molar-refractivity contribution in [1.29, 1.82) is 0 Å². The van der Waals surface area contributed by atoms with Crippen LogP contribution >= 0.6 is 0 Å². The molecule has 0 amide bonds. The van der Waals surface area contributed by atoms with Crippen LogP contribution in [0.4, 0.5) is 35.1 Å². The van der Waals surface area contributed by atoms with E-state index in [1.54, 1.807) is 0 Å². The molecular formula is C58H84F8O8. The van der Waals surface area contributed by atoms with Gasteiger partial charge in [0, 0.05) is 0 Å². The summed E-state index contributed by atoms with van der Waals surface area (Å²) in [5.74, 6) is -12.8. The van der Waals surface area contributed by atoms with Gasteiger partial charge in [0.05, 0.1) is 26.4 Å². The average molecular weight is 1060 g/mol. The van der Waals surface area contributed by atoms with E-state index in [1.165, 1.54) is 114 Å². The van der Waals surface area contributed by atoms with Crippen LogP contribution in [0.1, 0.15) is 195 Å². The Hall–Kier alpha value is -5.28. The monoisotopic (exact) mass is 1060 g/mol. The first-order valence-electron chi connectivity index (χ1n) is 26.8. The predicted octanol–water partition coefficient (Wildman–Crippen LogP) is 18.4. The van der Waals surface area contributed by atoms with Gasteiger partial charge in [0.25, 0.3) is 0 Å². The molecule has 4 aromatic rings. The Labute approximate surface area is 435 Å². The van der Waals surface area contributed by atoms with Crippen molar-refractivity contribution < 1.29 is 74.5 Å². The second kappa shape index (κ2) is 42.0. The van der Waals surface area contributed by atoms with Gasteiger partial charge in [-0.25, -0.2) is 0 Å². The summed E-state index contributed by atoms with van der Waals surface area (Å²) < 4.78 is 126. The van der Waals surface area contributed by atoms with E-state index < -0.39 is 69.5 Å². The molecule has 8 nitrogen and oxygen atoms in total. The summed E-state index contributed by atoms with van der Waals surface area (Å²) in [6.07, 6.45) is 29.3. The van der Waals surface area contributed by atoms with Crippen molar-refractivity contribution in [3.05, 3.63) is 95.1 Å². The van der Waals surface area contributed by atoms with Crippen LogP contribution < -0.4 is 18.9 Å². The number of aromatic hydroxyl groups is 4. The number of benzene rings is 4. The lowest BCUT2D eigenvalue weighted by Crippen LogP contribution is -2.00. The van der Waals surface area contributed by atoms with Crippen LogP contribution in [0.25, 0.3) is 0 Å². The normalized spacial score (nSPS) is 10.6. The van der Waals surface area contributed by atoms with E-state index in [0.29, 0.717) is 26.4 Å². The fourth-order valence-corrected chi connectivity index (χ4v) is 7.14. The number of hydrogen-bond acceptors (Lipinski definition) is 8. The molecule has 4 rings (SSSR count). The first-order chi connectivity index (χ1) is 35.7. The highest BCUT2D eigenvalue weighted by molar-refractivity contribution is 5.36. The van der Waals surface area contributed by atoms with Gasteiger partial charge in [0.2, 0.25) is 46.5 Å². The van der Waals surface area contributed by atoms with Crippen molar-refractivity contribution in [3.8, 4) is 46.0 Å². The fraction of sp³-hybridized carbons (Fsp3) is 0.586. The Morgan fingerprint density at radius 2 is 0.405 bits per heavy atom. The molecule has 0 aliphatic carbocycles. The van der Waals surface area contributed by atoms with Gasteiger partial charge < -0.3 is 39.4 Å². The molecule has 0 aromatic heterocycles. The predicted molar refractivity (Wildman–Crippen MR) is 277 cm³/mol. The van der Waals surface area contributed by atoms with Crippen LogP contribution in [-0.4, -0.2) is 46.9 Å². The zero-order chi connectivity index (χ0) is 54.9. The van der Waals surface area contributed by atoms with Gasteiger partial charge in [-0.1, -0.05) is 169 Å². The molecule has 0 spiro atoms. The lowest BCUT2D eigenvalue weighted by molar-refractivity contribution is 0.281. The Morgan fingerprint density at radius 3 is 0.581 bits per heavy atom. The molecule has 4 N–H and O–H groups in total. The zero-order valence-corrected chi connectivity index (χ0v) is 44.3. The molecule has 0 aliphatic rings. The minimum absolute atomic E-state index is 0.136. The number of phenols is 4. The maximum Gasteiger partial charge on any atom is 0.204 e. The van der Waals surface area contributed by atoms with Crippen molar-refractivity contribution in [2.75, 3.05) is 26.4 Å². The summed E-state index contributed by atoms with van der Waals surface area (Å²) >= 11 is 0. The highest BCUT2D eigenvalue weighted by Gasteiger charge is 2.17. The number of phenolic OH excluding ortho intramolecular Hbond substituents is 4. The number of ether oxygens (including phenoxy) is 4. The van der Waals surface area contributed by atoms with Gasteiger partial charge in [-0.2, -0.15) is 35.1 Å². The van der Waals surface area contributed by atoms with Crippen LogP contribution in [-0.2, 0) is 0 Å². The molecule has 420 valence electrons. The first-order valence-corrected chi connectivity index (χ1v) is 26.8. The summed E-state index contributed by atoms with van der Waals surface area (Å²) in [5.41, 5.74) is 0. The lowest BCUT2D eigenvalue weighted by atomic mass is 10.1. The minimum Gasteiger partial charge on any atom is -0.505 e. The van der Waals surface area contributed by atoms with E-state index in [1.807, 2.05) is 0 Å². The summed E-state index contributed by atoms with van der Waals surface area (Å²) in [6.45, 7) is 10.1. The van der Waals surface area contributed by atoms with E-state index in [9.17, 15) is 35.1 Å². The Bertz CT molecular complexity index is 2080. The van der Waals surface area contributed by atoms with Crippen LogP contribution in [0.15, 0.2) is 48.5 Å². The fourth-order valence-electron chi connectivity index (χ4n) is 7.14. The highest BCUT2D eigenvalue weighted by Crippen LogP contribution is 2.30. The molecule has 0 saturated carbocycles. The van der Waals surface area contributed by atoms with Crippen LogP contribution in [0.2, 0.25) is 0 Å². The first kappa shape index (κ1) is 66.7. The molecule has 0 heterocycles. The number of halogens is 8. The molecule has 16 heteroatoms. The summed E-state index contributed by atoms with van der Waals surface area (Å²) in [4.78, 5) is 0. The van der Waals surface area contributed by atoms with Crippen molar-refractivity contribution in [2.24, 2.45) is 0 Å². The van der Waals surface area contributed by atoms with Gasteiger partial charge in [-0.15, -0.1) is 0 Å². The van der Waals surface area contributed by atoms with Crippen molar-refractivity contribution >= 4 is 0 Å². The van der Waals surface area contributed by atoms with E-state index in [-0.39, 0.29) is 23.0 Å². The molecule has 0 radical (unpaired) electrons. The van der Waals surface area contributed by atoms with E-state index >= 15 is 0 Å². The molecule has 0 bridgehead atoms. The van der Waals surface area contributed by atoms with Gasteiger partial charge in [-0.05, 0) is 74.2 Å². The maximum atomic E-state index is 13.4. The summed E-state index contributed by atoms with van der Waals surface area (Å²) in [6, 6.07) is 9.35. The third kappa shape index (κ3) is 28.4. The van der Waals surface area contributed by atoms with E-state index in [0.717, 1.165) is 101 Å². The maximum absolute atomic E-state index is 13.4. The van der Waals surface area contributed by atoms with E-state index in [4.69, 9.17) is 39.4 Å². The zero-order valence-electron chi connectivity index (χ0n) is 44.3. The Morgan fingerprint density at radius 1 is 0.243 bits per heavy atom.